The number of carbonyl (C=O) groups is 2. The molecule has 0 fully saturated rings. The summed E-state index contributed by atoms with van der Waals surface area (Å²) in [6, 6.07) is 11.2. The quantitative estimate of drug-likeness (QED) is 0.661. The fourth-order valence-corrected chi connectivity index (χ4v) is 3.92. The van der Waals surface area contributed by atoms with Crippen LogP contribution in [0.15, 0.2) is 65.3 Å². The molecule has 2 aromatic rings. The minimum Gasteiger partial charge on any atom is -0.504 e. The van der Waals surface area contributed by atoms with Gasteiger partial charge in [0.25, 0.3) is 0 Å². The van der Waals surface area contributed by atoms with Gasteiger partial charge in [-0.05, 0) is 6.07 Å². The van der Waals surface area contributed by atoms with Gasteiger partial charge in [0, 0.05) is 16.7 Å². The summed E-state index contributed by atoms with van der Waals surface area (Å²) in [6.07, 6.45) is 0. The Kier molecular flexibility index (Phi) is 4.35. The number of allylic oxidation sites excluding steroid dienone is 2. The van der Waals surface area contributed by atoms with Gasteiger partial charge in [0.2, 0.25) is 5.78 Å². The third-order valence-corrected chi connectivity index (χ3v) is 5.21. The van der Waals surface area contributed by atoms with Gasteiger partial charge >= 0.3 is 0 Å². The van der Waals surface area contributed by atoms with Crippen LogP contribution in [-0.2, 0) is 4.74 Å². The van der Waals surface area contributed by atoms with E-state index in [-0.39, 0.29) is 56.0 Å². The van der Waals surface area contributed by atoms with Crippen LogP contribution >= 0.6 is 12.2 Å². The zero-order valence-electron chi connectivity index (χ0n) is 15.3. The van der Waals surface area contributed by atoms with Crippen LogP contribution in [0.1, 0.15) is 32.2 Å². The van der Waals surface area contributed by atoms with Gasteiger partial charge in [-0.15, -0.1) is 0 Å². The Morgan fingerprint density at radius 2 is 1.76 bits per heavy atom. The van der Waals surface area contributed by atoms with E-state index in [1.54, 1.807) is 42.5 Å². The number of ketones is 2. The number of phenols is 1. The van der Waals surface area contributed by atoms with Crippen molar-refractivity contribution in [3.63, 3.8) is 0 Å². The molecule has 1 aliphatic heterocycles. The third kappa shape index (κ3) is 2.68. The van der Waals surface area contributed by atoms with E-state index in [1.807, 2.05) is 0 Å². The Balaban J connectivity index is 2.03. The number of rotatable bonds is 3. The predicted molar refractivity (Wildman–Crippen MR) is 109 cm³/mol. The number of nitrogens with two attached hydrogens (primary N) is 2. The molecule has 8 heteroatoms. The van der Waals surface area contributed by atoms with Crippen molar-refractivity contribution in [2.45, 2.75) is 5.92 Å². The van der Waals surface area contributed by atoms with E-state index in [4.69, 9.17) is 33.2 Å². The summed E-state index contributed by atoms with van der Waals surface area (Å²) >= 11 is 5.14. The van der Waals surface area contributed by atoms with Crippen LogP contribution in [0.2, 0.25) is 0 Å². The van der Waals surface area contributed by atoms with E-state index in [9.17, 15) is 14.7 Å². The molecule has 0 saturated carbocycles. The molecule has 0 saturated heterocycles. The number of ether oxygens (including phenoxy) is 2. The molecule has 2 aliphatic rings. The molecule has 1 unspecified atom stereocenters. The number of hydrogen-bond acceptors (Lipinski definition) is 7. The number of Topliss-reactive ketones (excluding diaryl/α,β-unsaturated/α-hetero) is 2. The summed E-state index contributed by atoms with van der Waals surface area (Å²) in [4.78, 5) is 26.3. The lowest BCUT2D eigenvalue weighted by molar-refractivity contribution is 0.0897. The van der Waals surface area contributed by atoms with Crippen LogP contribution in [0.25, 0.3) is 0 Å². The first kappa shape index (κ1) is 18.7. The maximum atomic E-state index is 13.4. The van der Waals surface area contributed by atoms with Gasteiger partial charge < -0.3 is 26.0 Å². The topological polar surface area (TPSA) is 125 Å². The molecule has 0 spiro atoms. The number of fused-ring (bicyclic) bond motifs is 1. The van der Waals surface area contributed by atoms with Gasteiger partial charge in [0.1, 0.15) is 4.99 Å². The summed E-state index contributed by atoms with van der Waals surface area (Å²) in [5.74, 6) is -2.31. The Morgan fingerprint density at radius 1 is 1.10 bits per heavy atom. The van der Waals surface area contributed by atoms with Crippen molar-refractivity contribution >= 4 is 28.8 Å². The molecule has 0 bridgehead atoms. The normalized spacial score (nSPS) is 18.2. The Hall–Kier alpha value is -3.65. The number of aromatic hydroxyl groups is 1. The molecule has 29 heavy (non-hydrogen) atoms. The fraction of sp³-hybridized carbons (Fsp3) is 0.0952. The fourth-order valence-electron chi connectivity index (χ4n) is 3.70. The molecule has 2 aromatic carbocycles. The van der Waals surface area contributed by atoms with E-state index in [2.05, 4.69) is 0 Å². The molecule has 146 valence electrons. The lowest BCUT2D eigenvalue weighted by Gasteiger charge is -2.33. The summed E-state index contributed by atoms with van der Waals surface area (Å²) in [5, 5.41) is 10.7. The highest BCUT2D eigenvalue weighted by Gasteiger charge is 2.45. The lowest BCUT2D eigenvalue weighted by Crippen LogP contribution is -2.35. The molecule has 7 nitrogen and oxygen atoms in total. The zero-order valence-corrected chi connectivity index (χ0v) is 16.1. The Labute approximate surface area is 171 Å². The van der Waals surface area contributed by atoms with Crippen LogP contribution in [0, 0.1) is 0 Å². The van der Waals surface area contributed by atoms with Gasteiger partial charge in [-0.2, -0.15) is 0 Å². The van der Waals surface area contributed by atoms with Crippen molar-refractivity contribution in [3.8, 4) is 11.5 Å². The second-order valence-corrected chi connectivity index (χ2v) is 6.96. The first-order valence-corrected chi connectivity index (χ1v) is 9.03. The highest BCUT2D eigenvalue weighted by Crippen LogP contribution is 2.48. The summed E-state index contributed by atoms with van der Waals surface area (Å²) in [5.41, 5.74) is 12.8. The highest BCUT2D eigenvalue weighted by molar-refractivity contribution is 7.80. The first-order chi connectivity index (χ1) is 13.9. The first-order valence-electron chi connectivity index (χ1n) is 8.62. The molecule has 1 aliphatic carbocycles. The van der Waals surface area contributed by atoms with Gasteiger partial charge in [0.05, 0.1) is 24.2 Å². The van der Waals surface area contributed by atoms with Crippen molar-refractivity contribution in [1.82, 2.24) is 0 Å². The van der Waals surface area contributed by atoms with E-state index in [0.717, 1.165) is 0 Å². The Morgan fingerprint density at radius 3 is 2.38 bits per heavy atom. The maximum absolute atomic E-state index is 13.4. The number of carbonyl (C=O) groups excluding carboxylic acids is 2. The average molecular weight is 408 g/mol. The van der Waals surface area contributed by atoms with Crippen molar-refractivity contribution in [2.24, 2.45) is 11.5 Å². The minimum absolute atomic E-state index is 0.0225. The number of hydrogen-bond donors (Lipinski definition) is 3. The number of para-hydroxylation sites is 1. The monoisotopic (exact) mass is 408 g/mol. The standard InChI is InChI=1S/C21H16N2O5S/c1-27-12-8-4-7-11(16(12)24)13-14-17(25)9-5-2-3-6-10(9)18(26)19(14)28-20(22)15(13)21(23)29/h2-8,13,24H,22H2,1H3,(H2,23,29). The SMILES string of the molecule is COc1cccc(C2C(C(N)=S)=C(N)OC3=C2C(=O)c2ccccc2C3=O)c1O. The maximum Gasteiger partial charge on any atom is 0.229 e. The number of thiocarbonyl (C=S) groups is 1. The summed E-state index contributed by atoms with van der Waals surface area (Å²) in [6.45, 7) is 0. The molecular weight excluding hydrogens is 392 g/mol. The van der Waals surface area contributed by atoms with E-state index >= 15 is 0 Å². The molecule has 5 N–H and O–H groups in total. The molecule has 4 rings (SSSR count). The van der Waals surface area contributed by atoms with Crippen molar-refractivity contribution in [2.75, 3.05) is 7.11 Å². The van der Waals surface area contributed by atoms with Gasteiger partial charge in [-0.25, -0.2) is 0 Å². The molecule has 1 atom stereocenters. The predicted octanol–water partition coefficient (Wildman–Crippen LogP) is 2.30. The summed E-state index contributed by atoms with van der Waals surface area (Å²) in [7, 11) is 1.40. The zero-order chi connectivity index (χ0) is 20.9. The number of methoxy groups -OCH3 is 1. The number of benzene rings is 2. The van der Waals surface area contributed by atoms with Crippen LogP contribution in [-0.4, -0.2) is 28.8 Å². The second kappa shape index (κ2) is 6.75. The van der Waals surface area contributed by atoms with E-state index in [1.165, 1.54) is 7.11 Å². The molecular formula is C21H16N2O5S. The van der Waals surface area contributed by atoms with Crippen LogP contribution in [0.3, 0.4) is 0 Å². The second-order valence-electron chi connectivity index (χ2n) is 6.52. The largest absolute Gasteiger partial charge is 0.504 e. The van der Waals surface area contributed by atoms with Crippen LogP contribution in [0.4, 0.5) is 0 Å². The van der Waals surface area contributed by atoms with Crippen LogP contribution in [0.5, 0.6) is 11.5 Å². The minimum atomic E-state index is -0.990. The molecule has 0 amide bonds. The average Bonchev–Trinajstić information content (AvgIpc) is 2.71. The molecule has 0 radical (unpaired) electrons. The third-order valence-electron chi connectivity index (χ3n) is 4.99. The smallest absolute Gasteiger partial charge is 0.229 e. The molecule has 1 heterocycles. The lowest BCUT2D eigenvalue weighted by atomic mass is 9.74. The number of phenolic OH excluding ortho intramolecular Hbond substituents is 1. The highest BCUT2D eigenvalue weighted by atomic mass is 32.1. The molecule has 0 aromatic heterocycles. The van der Waals surface area contributed by atoms with Crippen molar-refractivity contribution in [3.05, 3.63) is 81.9 Å². The van der Waals surface area contributed by atoms with Crippen molar-refractivity contribution in [1.29, 1.82) is 0 Å². The van der Waals surface area contributed by atoms with Crippen LogP contribution < -0.4 is 16.2 Å². The van der Waals surface area contributed by atoms with Gasteiger partial charge in [0.15, 0.2) is 28.9 Å². The van der Waals surface area contributed by atoms with Gasteiger partial charge in [-0.3, -0.25) is 9.59 Å². The van der Waals surface area contributed by atoms with Gasteiger partial charge in [-0.1, -0.05) is 48.6 Å². The Bertz CT molecular complexity index is 1170. The van der Waals surface area contributed by atoms with Crippen molar-refractivity contribution < 1.29 is 24.2 Å². The van der Waals surface area contributed by atoms with E-state index in [0.29, 0.717) is 0 Å². The summed E-state index contributed by atoms with van der Waals surface area (Å²) < 4.78 is 10.7. The van der Waals surface area contributed by atoms with E-state index < -0.39 is 17.5 Å².